The number of rotatable bonds is 58. The van der Waals surface area contributed by atoms with Crippen LogP contribution in [-0.4, -0.2) is 207 Å². The van der Waals surface area contributed by atoms with Gasteiger partial charge < -0.3 is 28.7 Å². The van der Waals surface area contributed by atoms with Crippen LogP contribution in [0.2, 0.25) is 0 Å². The molecule has 24 nitrogen and oxygen atoms in total. The van der Waals surface area contributed by atoms with Gasteiger partial charge >= 0.3 is 23.9 Å². The van der Waals surface area contributed by atoms with E-state index in [-0.39, 0.29) is 76.0 Å². The number of carbonyl (C=O) groups excluding carboxylic acids is 4. The Balaban J connectivity index is 1.06. The van der Waals surface area contributed by atoms with E-state index in [0.29, 0.717) is 63.9 Å². The number of nitrogens with zero attached hydrogens (tertiary/aromatic N) is 16. The van der Waals surface area contributed by atoms with Gasteiger partial charge in [-0.25, -0.2) is 18.7 Å². The molecular weight excluding hydrogens is 1190 g/mol. The van der Waals surface area contributed by atoms with Crippen molar-refractivity contribution < 1.29 is 38.1 Å². The van der Waals surface area contributed by atoms with E-state index in [9.17, 15) is 19.2 Å². The van der Waals surface area contributed by atoms with Gasteiger partial charge in [0.15, 0.2) is 0 Å². The summed E-state index contributed by atoms with van der Waals surface area (Å²) in [5.41, 5.74) is 3.89. The maximum atomic E-state index is 13.2. The number of aromatic nitrogens is 12. The first-order valence-corrected chi connectivity index (χ1v) is 37.0. The van der Waals surface area contributed by atoms with Gasteiger partial charge in [0.25, 0.3) is 0 Å². The summed E-state index contributed by atoms with van der Waals surface area (Å²) in [4.78, 5) is 62.3. The van der Waals surface area contributed by atoms with Crippen LogP contribution in [0.4, 0.5) is 0 Å². The molecule has 4 aromatic heterocycles. The second kappa shape index (κ2) is 49.8. The van der Waals surface area contributed by atoms with Gasteiger partial charge in [-0.1, -0.05) is 151 Å². The van der Waals surface area contributed by atoms with Crippen molar-refractivity contribution in [1.29, 1.82) is 0 Å². The molecular formula is C70H124N16O8. The lowest BCUT2D eigenvalue weighted by Crippen LogP contribution is -2.56. The molecule has 0 radical (unpaired) electrons. The first-order valence-electron chi connectivity index (χ1n) is 37.0. The maximum Gasteiger partial charge on any atom is 0.307 e. The highest BCUT2D eigenvalue weighted by molar-refractivity contribution is 5.71. The summed E-state index contributed by atoms with van der Waals surface area (Å²) in [6.45, 7) is 25.2. The van der Waals surface area contributed by atoms with Gasteiger partial charge in [0.05, 0.1) is 99.7 Å². The van der Waals surface area contributed by atoms with Gasteiger partial charge in [-0.05, 0) is 91.4 Å². The molecule has 24 heteroatoms. The Bertz CT molecular complexity index is 2270. The normalized spacial score (nSPS) is 14.6. The van der Waals surface area contributed by atoms with Gasteiger partial charge in [0.2, 0.25) is 0 Å². The second-order valence-electron chi connectivity index (χ2n) is 26.1. The summed E-state index contributed by atoms with van der Waals surface area (Å²) in [7, 11) is 0. The maximum absolute atomic E-state index is 13.2. The number of piperazine rings is 1. The zero-order valence-corrected chi connectivity index (χ0v) is 59.2. The van der Waals surface area contributed by atoms with Crippen LogP contribution >= 0.6 is 0 Å². The molecule has 0 aromatic carbocycles. The molecule has 0 bridgehead atoms. The molecule has 0 saturated carbocycles. The van der Waals surface area contributed by atoms with Crippen molar-refractivity contribution in [3.8, 4) is 0 Å². The van der Waals surface area contributed by atoms with Crippen molar-refractivity contribution in [2.45, 2.75) is 285 Å². The van der Waals surface area contributed by atoms with E-state index in [1.165, 1.54) is 77.0 Å². The minimum atomic E-state index is -0.254. The number of unbranched alkanes of at least 4 members (excludes halogenated alkanes) is 18. The van der Waals surface area contributed by atoms with Gasteiger partial charge in [-0.3, -0.25) is 29.0 Å². The first kappa shape index (κ1) is 79.0. The number of hydrogen-bond donors (Lipinski definition) is 0. The molecule has 532 valence electrons. The summed E-state index contributed by atoms with van der Waals surface area (Å²) in [5.74, 6) is -1.01. The zero-order valence-electron chi connectivity index (χ0n) is 59.2. The van der Waals surface area contributed by atoms with Crippen LogP contribution in [0.1, 0.15) is 244 Å². The summed E-state index contributed by atoms with van der Waals surface area (Å²) < 4.78 is 30.7. The molecule has 5 rings (SSSR count). The minimum Gasteiger partial charge on any atom is -0.465 e. The molecule has 1 fully saturated rings. The molecule has 0 amide bonds. The van der Waals surface area contributed by atoms with Gasteiger partial charge in [-0.15, -0.1) is 20.4 Å². The Kier molecular flexibility index (Phi) is 41.8. The van der Waals surface area contributed by atoms with E-state index in [4.69, 9.17) is 18.9 Å². The highest BCUT2D eigenvalue weighted by Crippen LogP contribution is 2.19. The standard InChI is InChI=1S/C70H124N16O8/c1-7-11-15-19-23-43-83-63(55-71-75-83)35-51-91-67(87)31-47-79(48-32-68(88)92-52-36-64-56-72-76-84(64)44-24-20-16-12-8-2)39-27-29-41-81-59-62(6)82(60-61(81)5)42-30-28-40-80(49-33-69(89)93-53-37-65-57-73-77-85(65)45-25-21-17-13-9-3)50-34-70(90)94-54-38-66-58-74-78-86(66)46-26-22-18-14-10-4/h55-58,61-62H,7-54,59-60H2,1-6H3/t61-,62+. The van der Waals surface area contributed by atoms with Crippen molar-refractivity contribution in [2.75, 3.05) is 91.9 Å². The third-order valence-corrected chi connectivity index (χ3v) is 18.3. The molecule has 1 saturated heterocycles. The minimum absolute atomic E-state index is 0.233. The molecule has 4 aromatic rings. The fourth-order valence-electron chi connectivity index (χ4n) is 12.3. The van der Waals surface area contributed by atoms with Crippen LogP contribution < -0.4 is 0 Å². The lowest BCUT2D eigenvalue weighted by Gasteiger charge is -2.44. The van der Waals surface area contributed by atoms with Gasteiger partial charge in [0.1, 0.15) is 0 Å². The molecule has 5 heterocycles. The Morgan fingerprint density at radius 3 is 0.851 bits per heavy atom. The topological polar surface area (TPSA) is 241 Å². The predicted molar refractivity (Wildman–Crippen MR) is 366 cm³/mol. The van der Waals surface area contributed by atoms with Gasteiger partial charge in [-0.2, -0.15) is 0 Å². The monoisotopic (exact) mass is 1320 g/mol. The average Bonchev–Trinajstić information content (AvgIpc) is 1.92. The van der Waals surface area contributed by atoms with Crippen molar-refractivity contribution in [2.24, 2.45) is 0 Å². The van der Waals surface area contributed by atoms with Crippen LogP contribution in [0.15, 0.2) is 24.8 Å². The fraction of sp³-hybridized carbons (Fsp3) is 0.829. The van der Waals surface area contributed by atoms with Crippen molar-refractivity contribution >= 4 is 23.9 Å². The number of carbonyl (C=O) groups is 4. The summed E-state index contributed by atoms with van der Waals surface area (Å²) >= 11 is 0. The largest absolute Gasteiger partial charge is 0.465 e. The van der Waals surface area contributed by atoms with E-state index >= 15 is 0 Å². The second-order valence-corrected chi connectivity index (χ2v) is 26.1. The molecule has 1 aliphatic heterocycles. The highest BCUT2D eigenvalue weighted by Gasteiger charge is 2.28. The van der Waals surface area contributed by atoms with E-state index in [1.54, 1.807) is 24.8 Å². The molecule has 1 aliphatic rings. The lowest BCUT2D eigenvalue weighted by atomic mass is 10.1. The summed E-state index contributed by atoms with van der Waals surface area (Å²) in [5, 5.41) is 33.6. The first-order chi connectivity index (χ1) is 46.0. The third kappa shape index (κ3) is 33.8. The van der Waals surface area contributed by atoms with Crippen LogP contribution in [0.3, 0.4) is 0 Å². The van der Waals surface area contributed by atoms with Gasteiger partial charge in [0, 0.05) is 103 Å². The zero-order chi connectivity index (χ0) is 67.1. The lowest BCUT2D eigenvalue weighted by molar-refractivity contribution is -0.145. The van der Waals surface area contributed by atoms with E-state index in [2.05, 4.69) is 102 Å². The molecule has 0 spiro atoms. The number of esters is 4. The average molecular weight is 1320 g/mol. The van der Waals surface area contributed by atoms with Crippen molar-refractivity contribution in [1.82, 2.24) is 79.6 Å². The van der Waals surface area contributed by atoms with Crippen molar-refractivity contribution in [3.05, 3.63) is 47.6 Å². The number of aryl methyl sites for hydroxylation is 4. The molecule has 0 N–H and O–H groups in total. The Morgan fingerprint density at radius 2 is 0.596 bits per heavy atom. The van der Waals surface area contributed by atoms with Crippen LogP contribution in [-0.2, 0) is 90.0 Å². The SMILES string of the molecule is CCCCCCCn1nncc1CCOC(=O)CCN(CCCCN1C[C@H](C)N(CCCCN(CCC(=O)OCCc2cnnn2CCCCCCC)CCC(=O)OCCc2cnnn2CCCCCCC)C[C@H]1C)CCC(=O)OCCc1cnnn1CCCCCCC. The predicted octanol–water partition coefficient (Wildman–Crippen LogP) is 10.5. The number of hydrogen-bond acceptors (Lipinski definition) is 20. The van der Waals surface area contributed by atoms with Crippen LogP contribution in [0.5, 0.6) is 0 Å². The quantitative estimate of drug-likeness (QED) is 0.0227. The highest BCUT2D eigenvalue weighted by atomic mass is 16.5. The third-order valence-electron chi connectivity index (χ3n) is 18.3. The molecule has 0 aliphatic carbocycles. The smallest absolute Gasteiger partial charge is 0.307 e. The van der Waals surface area contributed by atoms with E-state index in [1.807, 2.05) is 18.7 Å². The van der Waals surface area contributed by atoms with Crippen LogP contribution in [0, 0.1) is 0 Å². The fourth-order valence-corrected chi connectivity index (χ4v) is 12.3. The Morgan fingerprint density at radius 1 is 0.351 bits per heavy atom. The molecule has 0 unspecified atom stereocenters. The van der Waals surface area contributed by atoms with E-state index < -0.39 is 0 Å². The van der Waals surface area contributed by atoms with E-state index in [0.717, 1.165) is 165 Å². The summed E-state index contributed by atoms with van der Waals surface area (Å²) in [6, 6.07) is 0.760. The molecule has 94 heavy (non-hydrogen) atoms. The number of ether oxygens (including phenoxy) is 4. The Labute approximate surface area is 564 Å². The van der Waals surface area contributed by atoms with Crippen LogP contribution in [0.25, 0.3) is 0 Å². The summed E-state index contributed by atoms with van der Waals surface area (Å²) in [6.07, 6.45) is 37.6. The van der Waals surface area contributed by atoms with Crippen molar-refractivity contribution in [3.63, 3.8) is 0 Å². The molecule has 2 atom stereocenters. The Hall–Kier alpha value is -5.72.